The van der Waals surface area contributed by atoms with Crippen LogP contribution in [0.3, 0.4) is 0 Å². The highest BCUT2D eigenvalue weighted by Crippen LogP contribution is 2.54. The number of thioether (sulfide) groups is 1. The highest BCUT2D eigenvalue weighted by molar-refractivity contribution is 8.25. The highest BCUT2D eigenvalue weighted by atomic mass is 32.2. The van der Waals surface area contributed by atoms with E-state index in [9.17, 15) is 4.79 Å². The van der Waals surface area contributed by atoms with E-state index in [-0.39, 0.29) is 4.75 Å². The van der Waals surface area contributed by atoms with E-state index in [4.69, 9.17) is 0 Å². The van der Waals surface area contributed by atoms with Gasteiger partial charge in [0.25, 0.3) is 0 Å². The van der Waals surface area contributed by atoms with Crippen LogP contribution in [0, 0.1) is 5.92 Å². The van der Waals surface area contributed by atoms with Gasteiger partial charge < -0.3 is 0 Å². The van der Waals surface area contributed by atoms with Gasteiger partial charge in [-0.15, -0.1) is 0 Å². The molecule has 2 heteroatoms. The molecule has 0 saturated carbocycles. The van der Waals surface area contributed by atoms with Crippen LogP contribution >= 0.6 is 11.8 Å². The third kappa shape index (κ3) is 2.10. The fourth-order valence-electron chi connectivity index (χ4n) is 1.77. The molecule has 0 N–H and O–H groups in total. The Morgan fingerprint density at radius 2 is 1.80 bits per heavy atom. The van der Waals surface area contributed by atoms with Crippen molar-refractivity contribution in [3.8, 4) is 0 Å². The smallest absolute Gasteiger partial charge is 0.210 e. The Balaban J connectivity index is 2.14. The first-order valence-corrected chi connectivity index (χ1v) is 6.17. The van der Waals surface area contributed by atoms with E-state index >= 15 is 0 Å². The summed E-state index contributed by atoms with van der Waals surface area (Å²) in [7, 11) is 0. The summed E-state index contributed by atoms with van der Waals surface area (Å²) in [5.41, 5.74) is 2.50. The van der Waals surface area contributed by atoms with Gasteiger partial charge in [-0.3, -0.25) is 4.79 Å². The third-order valence-corrected chi connectivity index (χ3v) is 4.01. The van der Waals surface area contributed by atoms with E-state index < -0.39 is 0 Å². The quantitative estimate of drug-likeness (QED) is 0.726. The third-order valence-electron chi connectivity index (χ3n) is 2.79. The molecule has 0 spiro atoms. The van der Waals surface area contributed by atoms with Crippen LogP contribution in [0.15, 0.2) is 24.3 Å². The number of hydrogen-bond donors (Lipinski definition) is 0. The van der Waals surface area contributed by atoms with Gasteiger partial charge in [0.1, 0.15) is 4.75 Å². The second-order valence-electron chi connectivity index (χ2n) is 4.72. The Morgan fingerprint density at radius 1 is 1.27 bits per heavy atom. The SMILES string of the molecule is CC(C)Cc1ccc(C2(C)SC2=O)cc1. The molecule has 1 aliphatic rings. The van der Waals surface area contributed by atoms with Crippen molar-refractivity contribution in [1.29, 1.82) is 0 Å². The van der Waals surface area contributed by atoms with Gasteiger partial charge in [0, 0.05) is 0 Å². The fourth-order valence-corrected chi connectivity index (χ4v) is 2.46. The van der Waals surface area contributed by atoms with E-state index in [0.717, 1.165) is 12.0 Å². The van der Waals surface area contributed by atoms with Gasteiger partial charge in [-0.05, 0) is 30.4 Å². The molecule has 1 fully saturated rings. The van der Waals surface area contributed by atoms with Gasteiger partial charge in [-0.1, -0.05) is 49.9 Å². The molecule has 1 aliphatic heterocycles. The van der Waals surface area contributed by atoms with Crippen molar-refractivity contribution < 1.29 is 4.79 Å². The molecule has 0 radical (unpaired) electrons. The average molecular weight is 220 g/mol. The summed E-state index contributed by atoms with van der Waals surface area (Å²) in [6, 6.07) is 8.48. The molecular weight excluding hydrogens is 204 g/mol. The minimum atomic E-state index is -0.240. The molecule has 1 nitrogen and oxygen atoms in total. The molecule has 1 aromatic carbocycles. The lowest BCUT2D eigenvalue weighted by Gasteiger charge is -2.08. The molecule has 2 rings (SSSR count). The minimum Gasteiger partial charge on any atom is -0.285 e. The van der Waals surface area contributed by atoms with Gasteiger partial charge in [-0.2, -0.15) is 0 Å². The number of hydrogen-bond acceptors (Lipinski definition) is 2. The Labute approximate surface area is 95.3 Å². The van der Waals surface area contributed by atoms with E-state index in [0.29, 0.717) is 11.0 Å². The van der Waals surface area contributed by atoms with E-state index in [1.165, 1.54) is 17.3 Å². The molecule has 0 amide bonds. The van der Waals surface area contributed by atoms with Gasteiger partial charge in [0.05, 0.1) is 0 Å². The van der Waals surface area contributed by atoms with E-state index in [1.807, 2.05) is 6.92 Å². The number of carbonyl (C=O) groups excluding carboxylic acids is 1. The first-order chi connectivity index (χ1) is 7.02. The zero-order chi connectivity index (χ0) is 11.1. The van der Waals surface area contributed by atoms with Crippen LogP contribution in [0.2, 0.25) is 0 Å². The van der Waals surface area contributed by atoms with Crippen molar-refractivity contribution in [1.82, 2.24) is 0 Å². The molecule has 15 heavy (non-hydrogen) atoms. The van der Waals surface area contributed by atoms with E-state index in [2.05, 4.69) is 38.1 Å². The van der Waals surface area contributed by atoms with Crippen LogP contribution in [0.5, 0.6) is 0 Å². The monoisotopic (exact) mass is 220 g/mol. The maximum atomic E-state index is 11.2. The largest absolute Gasteiger partial charge is 0.285 e. The first-order valence-electron chi connectivity index (χ1n) is 5.35. The van der Waals surface area contributed by atoms with Gasteiger partial charge in [0.2, 0.25) is 5.12 Å². The van der Waals surface area contributed by atoms with Gasteiger partial charge in [0.15, 0.2) is 0 Å². The van der Waals surface area contributed by atoms with Crippen LogP contribution in [0.1, 0.15) is 31.9 Å². The average Bonchev–Trinajstić information content (AvgIpc) is 2.76. The summed E-state index contributed by atoms with van der Waals surface area (Å²) in [5.74, 6) is 0.684. The minimum absolute atomic E-state index is 0.240. The van der Waals surface area contributed by atoms with Gasteiger partial charge >= 0.3 is 0 Å². The Hall–Kier alpha value is -0.760. The lowest BCUT2D eigenvalue weighted by Crippen LogP contribution is -2.03. The summed E-state index contributed by atoms with van der Waals surface area (Å²) in [6.07, 6.45) is 1.11. The molecule has 1 atom stereocenters. The maximum absolute atomic E-state index is 11.2. The molecule has 0 aromatic heterocycles. The van der Waals surface area contributed by atoms with E-state index in [1.54, 1.807) is 0 Å². The fraction of sp³-hybridized carbons (Fsp3) is 0.462. The molecule has 1 heterocycles. The van der Waals surface area contributed by atoms with Crippen molar-refractivity contribution in [2.45, 2.75) is 31.9 Å². The van der Waals surface area contributed by atoms with Crippen LogP contribution in [0.25, 0.3) is 0 Å². The summed E-state index contributed by atoms with van der Waals surface area (Å²) in [5, 5.41) is 0.291. The predicted octanol–water partition coefficient (Wildman–Crippen LogP) is 3.37. The summed E-state index contributed by atoms with van der Waals surface area (Å²) < 4.78 is -0.240. The van der Waals surface area contributed by atoms with Crippen molar-refractivity contribution in [2.24, 2.45) is 5.92 Å². The normalized spacial score (nSPS) is 24.7. The number of benzene rings is 1. The van der Waals surface area contributed by atoms with Crippen LogP contribution in [-0.2, 0) is 16.0 Å². The molecule has 1 saturated heterocycles. The van der Waals surface area contributed by atoms with Crippen LogP contribution in [0.4, 0.5) is 0 Å². The van der Waals surface area contributed by atoms with Crippen molar-refractivity contribution in [3.63, 3.8) is 0 Å². The number of carbonyl (C=O) groups is 1. The Kier molecular flexibility index (Phi) is 2.63. The number of rotatable bonds is 3. The predicted molar refractivity (Wildman–Crippen MR) is 64.9 cm³/mol. The topological polar surface area (TPSA) is 17.1 Å². The summed E-state index contributed by atoms with van der Waals surface area (Å²) in [6.45, 7) is 6.43. The molecule has 0 aliphatic carbocycles. The van der Waals surface area contributed by atoms with Gasteiger partial charge in [-0.25, -0.2) is 0 Å². The lowest BCUT2D eigenvalue weighted by molar-refractivity contribution is -0.109. The lowest BCUT2D eigenvalue weighted by atomic mass is 9.97. The van der Waals surface area contributed by atoms with Crippen LogP contribution in [-0.4, -0.2) is 5.12 Å². The first kappa shape index (κ1) is 10.7. The summed E-state index contributed by atoms with van der Waals surface area (Å²) in [4.78, 5) is 11.2. The summed E-state index contributed by atoms with van der Waals surface area (Å²) >= 11 is 1.43. The van der Waals surface area contributed by atoms with Crippen molar-refractivity contribution >= 4 is 16.9 Å². The highest BCUT2D eigenvalue weighted by Gasteiger charge is 2.52. The molecule has 80 valence electrons. The Bertz CT molecular complexity index is 380. The molecule has 1 unspecified atom stereocenters. The second-order valence-corrected chi connectivity index (χ2v) is 6.11. The molecular formula is C13H16OS. The Morgan fingerprint density at radius 3 is 2.20 bits per heavy atom. The molecule has 1 aromatic rings. The standard InChI is InChI=1S/C13H16OS/c1-9(2)8-10-4-6-11(7-5-10)13(3)12(14)15-13/h4-7,9H,8H2,1-3H3. The zero-order valence-corrected chi connectivity index (χ0v) is 10.2. The van der Waals surface area contributed by atoms with Crippen LogP contribution < -0.4 is 0 Å². The zero-order valence-electron chi connectivity index (χ0n) is 9.41. The van der Waals surface area contributed by atoms with Crippen molar-refractivity contribution in [3.05, 3.63) is 35.4 Å². The maximum Gasteiger partial charge on any atom is 0.210 e. The second kappa shape index (κ2) is 3.67. The molecule has 0 bridgehead atoms. The van der Waals surface area contributed by atoms with Crippen molar-refractivity contribution in [2.75, 3.05) is 0 Å².